The number of rotatable bonds is 14. The van der Waals surface area contributed by atoms with Gasteiger partial charge in [-0.1, -0.05) is 109 Å². The molecule has 0 aromatic heterocycles. The van der Waals surface area contributed by atoms with Gasteiger partial charge in [-0.25, -0.2) is 0 Å². The summed E-state index contributed by atoms with van der Waals surface area (Å²) in [4.78, 5) is 10.5. The van der Waals surface area contributed by atoms with Crippen molar-refractivity contribution >= 4 is 53.6 Å². The number of ether oxygens (including phenoxy) is 3. The molecule has 0 saturated carbocycles. The van der Waals surface area contributed by atoms with Crippen LogP contribution in [-0.2, 0) is 36.1 Å². The van der Waals surface area contributed by atoms with Crippen molar-refractivity contribution in [1.29, 1.82) is 0 Å². The summed E-state index contributed by atoms with van der Waals surface area (Å²) in [7, 11) is -0.172. The zero-order valence-corrected chi connectivity index (χ0v) is 33.4. The molecule has 0 aliphatic carbocycles. The summed E-state index contributed by atoms with van der Waals surface area (Å²) in [6, 6.07) is 65.0. The molecule has 0 aliphatic rings. The van der Waals surface area contributed by atoms with E-state index in [9.17, 15) is 9.90 Å². The summed E-state index contributed by atoms with van der Waals surface area (Å²) in [5, 5.41) is 19.1. The zero-order valence-electron chi connectivity index (χ0n) is 30.5. The first-order chi connectivity index (χ1) is 25.4. The Hall–Kier alpha value is -3.95. The second-order valence-corrected chi connectivity index (χ2v) is 17.2. The minimum absolute atomic E-state index is 0. The van der Waals surface area contributed by atoms with E-state index in [1.807, 2.05) is 0 Å². The summed E-state index contributed by atoms with van der Waals surface area (Å²) in [6.07, 6.45) is 0. The van der Waals surface area contributed by atoms with Crippen LogP contribution in [0, 0.1) is 0 Å². The van der Waals surface area contributed by atoms with Crippen LogP contribution in [0.4, 0.5) is 0 Å². The second kappa shape index (κ2) is 24.4. The predicted octanol–water partition coefficient (Wildman–Crippen LogP) is 5.55. The van der Waals surface area contributed by atoms with E-state index in [1.165, 1.54) is 45.7 Å². The molecule has 8 heteroatoms. The molecule has 6 rings (SSSR count). The van der Waals surface area contributed by atoms with Crippen molar-refractivity contribution in [1.82, 2.24) is 0 Å². The Kier molecular flexibility index (Phi) is 20.0. The minimum Gasteiger partial charge on any atom is -0.547 e. The van der Waals surface area contributed by atoms with Gasteiger partial charge in [-0.05, 0) is 86.6 Å². The van der Waals surface area contributed by atoms with Crippen LogP contribution in [-0.4, -0.2) is 45.1 Å². The van der Waals surface area contributed by atoms with Crippen LogP contribution in [0.1, 0.15) is 13.8 Å². The largest absolute Gasteiger partial charge is 1.00 e. The zero-order chi connectivity index (χ0) is 36.9. The summed E-state index contributed by atoms with van der Waals surface area (Å²) in [5.41, 5.74) is -1.26. The molecule has 0 saturated heterocycles. The minimum atomic E-state index is -1.26. The van der Waals surface area contributed by atoms with Gasteiger partial charge in [-0.3, -0.25) is 0 Å². The fourth-order valence-corrected chi connectivity index (χ4v) is 10.4. The van der Waals surface area contributed by atoms with E-state index >= 15 is 0 Å². The van der Waals surface area contributed by atoms with Crippen LogP contribution in [0.15, 0.2) is 182 Å². The first-order valence-electron chi connectivity index (χ1n) is 17.4. The van der Waals surface area contributed by atoms with E-state index in [0.717, 1.165) is 0 Å². The Morgan fingerprint density at radius 2 is 0.717 bits per heavy atom. The van der Waals surface area contributed by atoms with Gasteiger partial charge in [0, 0.05) is 7.11 Å². The molecular weight excluding hydrogens is 746 g/mol. The van der Waals surface area contributed by atoms with Crippen molar-refractivity contribution in [2.24, 2.45) is 0 Å². The molecule has 0 unspecified atom stereocenters. The van der Waals surface area contributed by atoms with E-state index in [2.05, 4.69) is 182 Å². The van der Waals surface area contributed by atoms with Crippen molar-refractivity contribution in [3.8, 4) is 0 Å². The molecule has 0 fully saturated rings. The average molecular weight is 795 g/mol. The number of aliphatic carboxylic acids is 1. The van der Waals surface area contributed by atoms with Gasteiger partial charge in [0.25, 0.3) is 0 Å². The van der Waals surface area contributed by atoms with Gasteiger partial charge < -0.3 is 24.1 Å². The third-order valence-corrected chi connectivity index (χ3v) is 13.5. The molecule has 53 heavy (non-hydrogen) atoms. The average Bonchev–Trinajstić information content (AvgIpc) is 3.19. The number of carbonyl (C=O) groups excluding carboxylic acids is 1. The van der Waals surface area contributed by atoms with Gasteiger partial charge in [-0.15, -0.1) is 0 Å². The Bertz CT molecular complexity index is 1510. The van der Waals surface area contributed by atoms with Crippen molar-refractivity contribution in [3.63, 3.8) is 0 Å². The predicted molar refractivity (Wildman–Crippen MR) is 221 cm³/mol. The van der Waals surface area contributed by atoms with Crippen LogP contribution in [0.25, 0.3) is 0 Å². The summed E-state index contributed by atoms with van der Waals surface area (Å²) >= 11 is 0. The smallest absolute Gasteiger partial charge is 0.547 e. The number of hydrogen-bond acceptors (Lipinski definition) is 5. The SMILES string of the molecule is COCCOCCOC(C)(C)C(=O)[O-].[Cu+].c1ccc([PH+](c2ccccc2)c2ccccc2)cc1.c1ccc([PH+](c2ccccc2)c2ccccc2)cc1. The first kappa shape index (κ1) is 43.5. The molecular formula is C45H49CuO5P2+2. The molecule has 0 heterocycles. The third-order valence-electron chi connectivity index (χ3n) is 7.99. The standard InChI is InChI=1S/2C18H15P.C9H18O5.Cu/c2*1-4-10-16(11-5-1)19(17-12-6-2-7-13-17)18-14-8-3-9-15-18;1-9(2,8(10)11)14-7-6-13-5-4-12-3;/h2*1-15H;4-7H2,1-3H3,(H,10,11);/q;;;+1/p+1. The van der Waals surface area contributed by atoms with E-state index in [1.54, 1.807) is 7.11 Å². The van der Waals surface area contributed by atoms with Gasteiger partial charge >= 0.3 is 17.1 Å². The molecule has 6 aromatic carbocycles. The number of carboxylic acids is 1. The Morgan fingerprint density at radius 3 is 0.943 bits per heavy atom. The molecule has 0 N–H and O–H groups in total. The van der Waals surface area contributed by atoms with E-state index in [0.29, 0.717) is 19.8 Å². The summed E-state index contributed by atoms with van der Waals surface area (Å²) in [6.45, 7) is 4.45. The number of methoxy groups -OCH3 is 1. The molecule has 0 bridgehead atoms. The quantitative estimate of drug-likeness (QED) is 0.0824. The molecule has 0 atom stereocenters. The van der Waals surface area contributed by atoms with Crippen LogP contribution in [0.2, 0.25) is 0 Å². The molecule has 0 amide bonds. The first-order valence-corrected chi connectivity index (χ1v) is 20.4. The van der Waals surface area contributed by atoms with Crippen LogP contribution in [0.5, 0.6) is 0 Å². The van der Waals surface area contributed by atoms with Gasteiger partial charge in [0.05, 0.1) is 48.2 Å². The fraction of sp³-hybridized carbons (Fsp3) is 0.178. The maximum absolute atomic E-state index is 10.5. The second-order valence-electron chi connectivity index (χ2n) is 12.2. The monoisotopic (exact) mass is 794 g/mol. The molecule has 6 aromatic rings. The van der Waals surface area contributed by atoms with Crippen molar-refractivity contribution in [2.75, 3.05) is 33.5 Å². The van der Waals surface area contributed by atoms with Crippen LogP contribution >= 0.6 is 15.8 Å². The van der Waals surface area contributed by atoms with Gasteiger partial charge in [0.2, 0.25) is 0 Å². The van der Waals surface area contributed by atoms with Crippen molar-refractivity contribution in [2.45, 2.75) is 19.4 Å². The number of carboxylic acid groups (broad SMARTS) is 1. The Morgan fingerprint density at radius 1 is 0.472 bits per heavy atom. The molecule has 0 radical (unpaired) electrons. The normalized spacial score (nSPS) is 10.7. The number of carbonyl (C=O) groups is 1. The molecule has 5 nitrogen and oxygen atoms in total. The van der Waals surface area contributed by atoms with Crippen LogP contribution < -0.4 is 36.9 Å². The molecule has 278 valence electrons. The van der Waals surface area contributed by atoms with E-state index in [4.69, 9.17) is 14.2 Å². The van der Waals surface area contributed by atoms with Crippen molar-refractivity contribution in [3.05, 3.63) is 182 Å². The van der Waals surface area contributed by atoms with E-state index in [-0.39, 0.29) is 23.7 Å². The number of benzene rings is 6. The third kappa shape index (κ3) is 14.8. The summed E-state index contributed by atoms with van der Waals surface area (Å²) < 4.78 is 14.9. The van der Waals surface area contributed by atoms with Gasteiger partial charge in [0.1, 0.15) is 37.4 Å². The van der Waals surface area contributed by atoms with Crippen LogP contribution in [0.3, 0.4) is 0 Å². The Labute approximate surface area is 328 Å². The van der Waals surface area contributed by atoms with Gasteiger partial charge in [-0.2, -0.15) is 0 Å². The van der Waals surface area contributed by atoms with Gasteiger partial charge in [0.15, 0.2) is 0 Å². The van der Waals surface area contributed by atoms with Crippen molar-refractivity contribution < 1.29 is 41.2 Å². The fourth-order valence-electron chi connectivity index (χ4n) is 5.29. The molecule has 0 aliphatic heterocycles. The van der Waals surface area contributed by atoms with E-state index < -0.39 is 27.4 Å². The summed E-state index contributed by atoms with van der Waals surface area (Å²) in [5.74, 6) is -1.23. The topological polar surface area (TPSA) is 67.8 Å². The maximum atomic E-state index is 10.5. The Balaban J connectivity index is 0.000000216. The maximum Gasteiger partial charge on any atom is 1.00 e. The number of hydrogen-bond donors (Lipinski definition) is 0. The molecule has 0 spiro atoms.